The number of hydrogen-bond acceptors (Lipinski definition) is 5. The first-order valence-electron chi connectivity index (χ1n) is 11.2. The standard InChI is InChI=1S/C25H27N5O2/c31-25(32)24-14-18-6-5-17(13-21(18)29-24)22-15-23(19-16-26-9-7-20(19)28-22)27-8-4-12-30-10-2-1-3-11-30/h5-7,9,13-16,29H,1-4,8,10-12H2,(H,27,28)(H,31,32). The predicted octanol–water partition coefficient (Wildman–Crippen LogP) is 4.76. The van der Waals surface area contributed by atoms with Crippen molar-refractivity contribution in [2.75, 3.05) is 31.5 Å². The molecule has 32 heavy (non-hydrogen) atoms. The van der Waals surface area contributed by atoms with Crippen LogP contribution in [0.4, 0.5) is 5.69 Å². The fourth-order valence-electron chi connectivity index (χ4n) is 4.47. The van der Waals surface area contributed by atoms with E-state index < -0.39 is 5.97 Å². The third-order valence-electron chi connectivity index (χ3n) is 6.17. The van der Waals surface area contributed by atoms with Gasteiger partial charge in [0.15, 0.2) is 0 Å². The van der Waals surface area contributed by atoms with Gasteiger partial charge in [-0.25, -0.2) is 9.78 Å². The Morgan fingerprint density at radius 3 is 2.84 bits per heavy atom. The number of aromatic carboxylic acids is 1. The van der Waals surface area contributed by atoms with Crippen LogP contribution in [0.15, 0.2) is 48.8 Å². The molecular weight excluding hydrogens is 402 g/mol. The predicted molar refractivity (Wildman–Crippen MR) is 127 cm³/mol. The van der Waals surface area contributed by atoms with Crippen LogP contribution in [-0.4, -0.2) is 57.1 Å². The Balaban J connectivity index is 1.40. The molecular formula is C25H27N5O2. The minimum absolute atomic E-state index is 0.186. The van der Waals surface area contributed by atoms with Crippen molar-refractivity contribution in [2.24, 2.45) is 0 Å². The molecule has 1 aliphatic rings. The average molecular weight is 430 g/mol. The summed E-state index contributed by atoms with van der Waals surface area (Å²) in [6.45, 7) is 4.45. The molecule has 1 fully saturated rings. The molecule has 7 nitrogen and oxygen atoms in total. The Morgan fingerprint density at radius 2 is 2.00 bits per heavy atom. The number of hydrogen-bond donors (Lipinski definition) is 3. The van der Waals surface area contributed by atoms with Crippen molar-refractivity contribution in [1.82, 2.24) is 19.9 Å². The summed E-state index contributed by atoms with van der Waals surface area (Å²) in [5, 5.41) is 14.7. The van der Waals surface area contributed by atoms with E-state index in [4.69, 9.17) is 4.98 Å². The summed E-state index contributed by atoms with van der Waals surface area (Å²) < 4.78 is 0. The van der Waals surface area contributed by atoms with Crippen LogP contribution in [-0.2, 0) is 0 Å². The van der Waals surface area contributed by atoms with E-state index in [9.17, 15) is 9.90 Å². The summed E-state index contributed by atoms with van der Waals surface area (Å²) >= 11 is 0. The van der Waals surface area contributed by atoms with Crippen LogP contribution >= 0.6 is 0 Å². The topological polar surface area (TPSA) is 94.1 Å². The summed E-state index contributed by atoms with van der Waals surface area (Å²) in [6.07, 6.45) is 8.69. The number of carboxylic acids is 1. The Morgan fingerprint density at radius 1 is 1.12 bits per heavy atom. The van der Waals surface area contributed by atoms with Crippen LogP contribution in [0, 0.1) is 0 Å². The van der Waals surface area contributed by atoms with E-state index in [2.05, 4.69) is 26.3 Å². The number of aromatic amines is 1. The van der Waals surface area contributed by atoms with Gasteiger partial charge >= 0.3 is 5.97 Å². The van der Waals surface area contributed by atoms with Gasteiger partial charge in [-0.15, -0.1) is 0 Å². The van der Waals surface area contributed by atoms with E-state index in [1.54, 1.807) is 12.3 Å². The maximum absolute atomic E-state index is 11.3. The zero-order chi connectivity index (χ0) is 21.9. The van der Waals surface area contributed by atoms with Gasteiger partial charge in [0.05, 0.1) is 11.2 Å². The highest BCUT2D eigenvalue weighted by atomic mass is 16.4. The number of H-pyrrole nitrogens is 1. The molecule has 0 bridgehead atoms. The monoisotopic (exact) mass is 429 g/mol. The third-order valence-corrected chi connectivity index (χ3v) is 6.17. The molecule has 5 rings (SSSR count). The second kappa shape index (κ2) is 8.96. The molecule has 0 spiro atoms. The number of anilines is 1. The summed E-state index contributed by atoms with van der Waals surface area (Å²) in [5.41, 5.74) is 4.66. The number of carboxylic acid groups (broad SMARTS) is 1. The molecule has 164 valence electrons. The molecule has 7 heteroatoms. The lowest BCUT2D eigenvalue weighted by molar-refractivity contribution is 0.0691. The highest BCUT2D eigenvalue weighted by Crippen LogP contribution is 2.30. The van der Waals surface area contributed by atoms with E-state index >= 15 is 0 Å². The maximum Gasteiger partial charge on any atom is 0.352 e. The van der Waals surface area contributed by atoms with Gasteiger partial charge in [-0.3, -0.25) is 4.98 Å². The molecule has 0 aliphatic carbocycles. The van der Waals surface area contributed by atoms with Gasteiger partial charge in [-0.1, -0.05) is 18.6 Å². The van der Waals surface area contributed by atoms with E-state index in [0.29, 0.717) is 0 Å². The van der Waals surface area contributed by atoms with E-state index in [1.807, 2.05) is 30.5 Å². The van der Waals surface area contributed by atoms with Gasteiger partial charge in [-0.05, 0) is 63.2 Å². The largest absolute Gasteiger partial charge is 0.477 e. The Hall–Kier alpha value is -3.45. The lowest BCUT2D eigenvalue weighted by atomic mass is 10.1. The number of rotatable bonds is 7. The Kier molecular flexibility index (Phi) is 5.73. The SMILES string of the molecule is O=C(O)c1cc2ccc(-c3cc(NCCCN4CCCCC4)c4cnccc4n3)cc2[nH]1. The molecule has 3 N–H and O–H groups in total. The zero-order valence-corrected chi connectivity index (χ0v) is 18.0. The van der Waals surface area contributed by atoms with Crippen molar-refractivity contribution in [3.63, 3.8) is 0 Å². The van der Waals surface area contributed by atoms with Crippen molar-refractivity contribution in [3.8, 4) is 11.3 Å². The molecule has 1 aliphatic heterocycles. The number of benzene rings is 1. The molecule has 3 aromatic heterocycles. The fraction of sp³-hybridized carbons (Fsp3) is 0.320. The third kappa shape index (κ3) is 4.29. The van der Waals surface area contributed by atoms with Crippen LogP contribution in [0.25, 0.3) is 33.1 Å². The van der Waals surface area contributed by atoms with Gasteiger partial charge in [0, 0.05) is 46.5 Å². The molecule has 4 heterocycles. The number of carbonyl (C=O) groups is 1. The molecule has 1 aromatic carbocycles. The first-order chi connectivity index (χ1) is 15.7. The number of pyridine rings is 2. The summed E-state index contributed by atoms with van der Waals surface area (Å²) in [5.74, 6) is -0.963. The molecule has 0 amide bonds. The first-order valence-corrected chi connectivity index (χ1v) is 11.2. The van der Waals surface area contributed by atoms with Gasteiger partial charge in [0.25, 0.3) is 0 Å². The normalized spacial score (nSPS) is 14.8. The van der Waals surface area contributed by atoms with Gasteiger partial charge in [-0.2, -0.15) is 0 Å². The summed E-state index contributed by atoms with van der Waals surface area (Å²) in [4.78, 5) is 25.9. The molecule has 4 aromatic rings. The zero-order valence-electron chi connectivity index (χ0n) is 18.0. The number of piperidine rings is 1. The maximum atomic E-state index is 11.3. The van der Waals surface area contributed by atoms with Crippen molar-refractivity contribution in [2.45, 2.75) is 25.7 Å². The van der Waals surface area contributed by atoms with Crippen LogP contribution in [0.2, 0.25) is 0 Å². The van der Waals surface area contributed by atoms with E-state index in [-0.39, 0.29) is 5.69 Å². The number of likely N-dealkylation sites (tertiary alicyclic amines) is 1. The fourth-order valence-corrected chi connectivity index (χ4v) is 4.47. The summed E-state index contributed by atoms with van der Waals surface area (Å²) in [6, 6.07) is 11.5. The minimum Gasteiger partial charge on any atom is -0.477 e. The smallest absolute Gasteiger partial charge is 0.352 e. The van der Waals surface area contributed by atoms with Crippen molar-refractivity contribution in [3.05, 3.63) is 54.5 Å². The van der Waals surface area contributed by atoms with E-state index in [0.717, 1.165) is 58.3 Å². The second-order valence-corrected chi connectivity index (χ2v) is 8.42. The highest BCUT2D eigenvalue weighted by Gasteiger charge is 2.12. The van der Waals surface area contributed by atoms with Crippen molar-refractivity contribution < 1.29 is 9.90 Å². The lowest BCUT2D eigenvalue weighted by Crippen LogP contribution is -2.31. The van der Waals surface area contributed by atoms with Gasteiger partial charge in [0.2, 0.25) is 0 Å². The molecule has 0 atom stereocenters. The van der Waals surface area contributed by atoms with Crippen LogP contribution in [0.3, 0.4) is 0 Å². The van der Waals surface area contributed by atoms with Crippen LogP contribution in [0.1, 0.15) is 36.2 Å². The highest BCUT2D eigenvalue weighted by molar-refractivity contribution is 5.96. The minimum atomic E-state index is -0.963. The first kappa shape index (κ1) is 20.5. The molecule has 1 saturated heterocycles. The molecule has 0 radical (unpaired) electrons. The number of nitrogens with one attached hydrogen (secondary N) is 2. The van der Waals surface area contributed by atoms with Crippen molar-refractivity contribution >= 4 is 33.5 Å². The van der Waals surface area contributed by atoms with Gasteiger partial charge < -0.3 is 20.3 Å². The van der Waals surface area contributed by atoms with Crippen molar-refractivity contribution in [1.29, 1.82) is 0 Å². The van der Waals surface area contributed by atoms with Crippen LogP contribution < -0.4 is 5.32 Å². The molecule has 0 saturated carbocycles. The molecule has 0 unspecified atom stereocenters. The second-order valence-electron chi connectivity index (χ2n) is 8.42. The number of fused-ring (bicyclic) bond motifs is 2. The average Bonchev–Trinajstić information content (AvgIpc) is 3.26. The lowest BCUT2D eigenvalue weighted by Gasteiger charge is -2.26. The summed E-state index contributed by atoms with van der Waals surface area (Å²) in [7, 11) is 0. The number of aromatic nitrogens is 3. The van der Waals surface area contributed by atoms with Crippen LogP contribution in [0.5, 0.6) is 0 Å². The van der Waals surface area contributed by atoms with Gasteiger partial charge in [0.1, 0.15) is 5.69 Å². The van der Waals surface area contributed by atoms with E-state index in [1.165, 1.54) is 32.4 Å². The Bertz CT molecular complexity index is 1260. The Labute approximate surface area is 186 Å². The number of nitrogens with zero attached hydrogens (tertiary/aromatic N) is 3. The quantitative estimate of drug-likeness (QED) is 0.367.